The summed E-state index contributed by atoms with van der Waals surface area (Å²) in [7, 11) is 0. The Bertz CT molecular complexity index is 1010. The minimum absolute atomic E-state index is 0.0126. The van der Waals surface area contributed by atoms with Crippen molar-refractivity contribution >= 4 is 28.4 Å². The van der Waals surface area contributed by atoms with Crippen LogP contribution < -0.4 is 10.2 Å². The molecule has 0 spiro atoms. The lowest BCUT2D eigenvalue weighted by molar-refractivity contribution is -0.125. The smallest absolute Gasteiger partial charge is 0.224 e. The number of carbonyl (C=O) groups excluding carboxylic acids is 1. The van der Waals surface area contributed by atoms with Gasteiger partial charge in [0.25, 0.3) is 0 Å². The highest BCUT2D eigenvalue weighted by Crippen LogP contribution is 2.28. The van der Waals surface area contributed by atoms with Gasteiger partial charge < -0.3 is 19.5 Å². The molecule has 0 bridgehead atoms. The van der Waals surface area contributed by atoms with Crippen LogP contribution in [0.1, 0.15) is 25.7 Å². The summed E-state index contributed by atoms with van der Waals surface area (Å²) in [4.78, 5) is 26.8. The fourth-order valence-electron chi connectivity index (χ4n) is 4.70. The lowest BCUT2D eigenvalue weighted by atomic mass is 9.97. The average molecular weight is 393 g/mol. The van der Waals surface area contributed by atoms with Gasteiger partial charge in [0, 0.05) is 38.6 Å². The number of anilines is 1. The van der Waals surface area contributed by atoms with Gasteiger partial charge >= 0.3 is 0 Å². The van der Waals surface area contributed by atoms with Crippen LogP contribution in [-0.2, 0) is 4.79 Å². The van der Waals surface area contributed by atoms with Gasteiger partial charge in [-0.1, -0.05) is 0 Å². The van der Waals surface area contributed by atoms with Crippen molar-refractivity contribution in [2.24, 2.45) is 5.92 Å². The van der Waals surface area contributed by atoms with Gasteiger partial charge in [-0.25, -0.2) is 9.97 Å². The van der Waals surface area contributed by atoms with Crippen molar-refractivity contribution in [2.75, 3.05) is 44.2 Å². The van der Waals surface area contributed by atoms with Crippen molar-refractivity contribution in [3.63, 3.8) is 0 Å². The third-order valence-electron chi connectivity index (χ3n) is 6.23. The van der Waals surface area contributed by atoms with Gasteiger partial charge in [-0.2, -0.15) is 0 Å². The van der Waals surface area contributed by atoms with Gasteiger partial charge in [0.1, 0.15) is 0 Å². The predicted molar refractivity (Wildman–Crippen MR) is 114 cm³/mol. The van der Waals surface area contributed by atoms with E-state index in [9.17, 15) is 4.79 Å². The van der Waals surface area contributed by atoms with Crippen LogP contribution in [-0.4, -0.2) is 64.4 Å². The Hall–Kier alpha value is -2.67. The zero-order valence-corrected chi connectivity index (χ0v) is 16.8. The molecular weight excluding hydrogens is 364 g/mol. The van der Waals surface area contributed by atoms with Crippen LogP contribution in [0.4, 0.5) is 5.82 Å². The topological polar surface area (TPSA) is 65.8 Å². The van der Waals surface area contributed by atoms with Gasteiger partial charge in [0.15, 0.2) is 11.5 Å². The van der Waals surface area contributed by atoms with E-state index in [1.54, 1.807) is 6.20 Å². The number of amides is 1. The van der Waals surface area contributed by atoms with Crippen molar-refractivity contribution in [1.29, 1.82) is 0 Å². The SMILES string of the molecule is O=C(NCCN1CCCC1)C1CCCN(c2nc3ncccc3n3cccc23)C1. The lowest BCUT2D eigenvalue weighted by Gasteiger charge is -2.33. The van der Waals surface area contributed by atoms with E-state index >= 15 is 0 Å². The van der Waals surface area contributed by atoms with Gasteiger partial charge in [0.05, 0.1) is 17.0 Å². The molecule has 1 amide bonds. The molecule has 3 aromatic heterocycles. The zero-order chi connectivity index (χ0) is 19.6. The summed E-state index contributed by atoms with van der Waals surface area (Å²) in [6.07, 6.45) is 8.34. The summed E-state index contributed by atoms with van der Waals surface area (Å²) in [5.74, 6) is 1.12. The van der Waals surface area contributed by atoms with E-state index in [-0.39, 0.29) is 11.8 Å². The molecule has 5 heterocycles. The number of carbonyl (C=O) groups is 1. The lowest BCUT2D eigenvalue weighted by Crippen LogP contribution is -2.45. The maximum Gasteiger partial charge on any atom is 0.224 e. The second-order valence-electron chi connectivity index (χ2n) is 8.17. The Kier molecular flexibility index (Phi) is 5.06. The molecule has 5 rings (SSSR count). The van der Waals surface area contributed by atoms with Gasteiger partial charge in [-0.05, 0) is 63.0 Å². The van der Waals surface area contributed by atoms with Crippen molar-refractivity contribution in [3.05, 3.63) is 36.7 Å². The van der Waals surface area contributed by atoms with E-state index in [2.05, 4.69) is 36.8 Å². The van der Waals surface area contributed by atoms with Gasteiger partial charge in [0.2, 0.25) is 5.91 Å². The fraction of sp³-hybridized carbons (Fsp3) is 0.500. The first-order valence-electron chi connectivity index (χ1n) is 10.8. The molecular formula is C22H28N6O. The number of likely N-dealkylation sites (tertiary alicyclic amines) is 1. The molecule has 0 aromatic carbocycles. The van der Waals surface area contributed by atoms with Crippen LogP contribution in [0.2, 0.25) is 0 Å². The third-order valence-corrected chi connectivity index (χ3v) is 6.23. The van der Waals surface area contributed by atoms with E-state index in [4.69, 9.17) is 4.98 Å². The molecule has 29 heavy (non-hydrogen) atoms. The average Bonchev–Trinajstić information content (AvgIpc) is 3.45. The van der Waals surface area contributed by atoms with E-state index in [0.29, 0.717) is 6.54 Å². The van der Waals surface area contributed by atoms with Crippen molar-refractivity contribution in [2.45, 2.75) is 25.7 Å². The first kappa shape index (κ1) is 18.4. The van der Waals surface area contributed by atoms with E-state index in [0.717, 1.165) is 55.0 Å². The highest BCUT2D eigenvalue weighted by Gasteiger charge is 2.28. The van der Waals surface area contributed by atoms with Crippen LogP contribution >= 0.6 is 0 Å². The number of hydrogen-bond acceptors (Lipinski definition) is 5. The van der Waals surface area contributed by atoms with Gasteiger partial charge in [-0.3, -0.25) is 4.79 Å². The van der Waals surface area contributed by atoms with Crippen molar-refractivity contribution in [3.8, 4) is 0 Å². The van der Waals surface area contributed by atoms with Crippen LogP contribution in [0.15, 0.2) is 36.7 Å². The highest BCUT2D eigenvalue weighted by molar-refractivity contribution is 5.84. The van der Waals surface area contributed by atoms with E-state index in [1.807, 2.05) is 18.2 Å². The summed E-state index contributed by atoms with van der Waals surface area (Å²) in [6, 6.07) is 8.11. The minimum Gasteiger partial charge on any atom is -0.355 e. The second-order valence-corrected chi connectivity index (χ2v) is 8.17. The normalized spacial score (nSPS) is 20.6. The second kappa shape index (κ2) is 7.99. The summed E-state index contributed by atoms with van der Waals surface area (Å²) < 4.78 is 2.14. The molecule has 2 fully saturated rings. The van der Waals surface area contributed by atoms with Crippen molar-refractivity contribution in [1.82, 2.24) is 24.6 Å². The molecule has 1 unspecified atom stereocenters. The Balaban J connectivity index is 1.31. The van der Waals surface area contributed by atoms with Crippen molar-refractivity contribution < 1.29 is 4.79 Å². The third kappa shape index (κ3) is 3.67. The number of pyridine rings is 1. The first-order valence-corrected chi connectivity index (χ1v) is 10.8. The molecule has 0 aliphatic carbocycles. The number of nitrogens with one attached hydrogen (secondary N) is 1. The Morgan fingerprint density at radius 3 is 2.86 bits per heavy atom. The molecule has 1 N–H and O–H groups in total. The maximum atomic E-state index is 12.8. The number of nitrogens with zero attached hydrogens (tertiary/aromatic N) is 5. The zero-order valence-electron chi connectivity index (χ0n) is 16.8. The molecule has 7 heteroatoms. The van der Waals surface area contributed by atoms with Gasteiger partial charge in [-0.15, -0.1) is 0 Å². The summed E-state index contributed by atoms with van der Waals surface area (Å²) in [5, 5.41) is 3.17. The number of hydrogen-bond donors (Lipinski definition) is 1. The molecule has 3 aromatic rings. The molecule has 7 nitrogen and oxygen atoms in total. The molecule has 2 saturated heterocycles. The number of fused-ring (bicyclic) bond motifs is 3. The molecule has 0 radical (unpaired) electrons. The largest absolute Gasteiger partial charge is 0.355 e. The molecule has 1 atom stereocenters. The van der Waals surface area contributed by atoms with Crippen LogP contribution in [0.3, 0.4) is 0 Å². The van der Waals surface area contributed by atoms with Crippen LogP contribution in [0.25, 0.3) is 16.7 Å². The maximum absolute atomic E-state index is 12.8. The number of aromatic nitrogens is 3. The number of rotatable bonds is 5. The quantitative estimate of drug-likeness (QED) is 0.722. The van der Waals surface area contributed by atoms with Crippen LogP contribution in [0, 0.1) is 5.92 Å². The Labute approximate surface area is 170 Å². The Morgan fingerprint density at radius 1 is 1.10 bits per heavy atom. The molecule has 0 saturated carbocycles. The van der Waals surface area contributed by atoms with E-state index in [1.165, 1.54) is 25.9 Å². The number of piperidine rings is 1. The predicted octanol–water partition coefficient (Wildman–Crippen LogP) is 2.31. The fourth-order valence-corrected chi connectivity index (χ4v) is 4.70. The monoisotopic (exact) mass is 392 g/mol. The van der Waals surface area contributed by atoms with E-state index < -0.39 is 0 Å². The highest BCUT2D eigenvalue weighted by atomic mass is 16.1. The molecule has 2 aliphatic rings. The first-order chi connectivity index (χ1) is 14.3. The molecule has 2 aliphatic heterocycles. The standard InChI is InChI=1S/C22H28N6O/c29-22(24-10-15-26-11-1-2-12-26)17-6-4-13-27(16-17)21-19-8-5-14-28(19)18-7-3-9-23-20(18)25-21/h3,5,7-9,14,17H,1-2,4,6,10-13,15-16H2,(H,24,29). The Morgan fingerprint density at radius 2 is 1.97 bits per heavy atom. The summed E-state index contributed by atoms with van der Waals surface area (Å²) >= 11 is 0. The summed E-state index contributed by atoms with van der Waals surface area (Å²) in [5.41, 5.74) is 2.81. The minimum atomic E-state index is 0.0126. The summed E-state index contributed by atoms with van der Waals surface area (Å²) in [6.45, 7) is 5.68. The van der Waals surface area contributed by atoms with Crippen LogP contribution in [0.5, 0.6) is 0 Å². The molecule has 152 valence electrons.